The Labute approximate surface area is 212 Å². The monoisotopic (exact) mass is 495 g/mol. The van der Waals surface area contributed by atoms with Gasteiger partial charge in [-0.15, -0.1) is 0 Å². The van der Waals surface area contributed by atoms with E-state index in [4.69, 9.17) is 9.47 Å². The summed E-state index contributed by atoms with van der Waals surface area (Å²) in [6.45, 7) is 5.80. The second kappa shape index (κ2) is 12.4. The van der Waals surface area contributed by atoms with Crippen LogP contribution in [0.2, 0.25) is 0 Å². The summed E-state index contributed by atoms with van der Waals surface area (Å²) >= 11 is 0. The van der Waals surface area contributed by atoms with Crippen LogP contribution in [0.1, 0.15) is 57.2 Å². The number of fused-ring (bicyclic) bond motifs is 1. The summed E-state index contributed by atoms with van der Waals surface area (Å²) in [5.74, 6) is -0.0329. The molecule has 3 aromatic rings. The number of H-pyrrole nitrogens is 1. The van der Waals surface area contributed by atoms with Crippen molar-refractivity contribution in [3.63, 3.8) is 0 Å². The van der Waals surface area contributed by atoms with Crippen molar-refractivity contribution in [2.45, 2.75) is 64.1 Å². The van der Waals surface area contributed by atoms with E-state index in [1.165, 1.54) is 0 Å². The molecule has 2 atom stereocenters. The van der Waals surface area contributed by atoms with Crippen LogP contribution in [0.5, 0.6) is 5.75 Å². The lowest BCUT2D eigenvalue weighted by Gasteiger charge is -2.27. The van der Waals surface area contributed by atoms with Crippen LogP contribution in [0.4, 0.5) is 4.79 Å². The van der Waals surface area contributed by atoms with Crippen molar-refractivity contribution in [3.8, 4) is 5.75 Å². The van der Waals surface area contributed by atoms with E-state index in [9.17, 15) is 14.7 Å². The minimum atomic E-state index is -0.848. The number of aromatic amines is 1. The highest BCUT2D eigenvalue weighted by molar-refractivity contribution is 5.83. The van der Waals surface area contributed by atoms with Gasteiger partial charge in [0.05, 0.1) is 7.11 Å². The molecule has 0 saturated heterocycles. The Hall–Kier alpha value is -3.52. The molecule has 2 aromatic carbocycles. The van der Waals surface area contributed by atoms with Crippen LogP contribution in [0.15, 0.2) is 54.7 Å². The lowest BCUT2D eigenvalue weighted by molar-refractivity contribution is -0.137. The van der Waals surface area contributed by atoms with E-state index in [0.717, 1.165) is 34.2 Å². The summed E-state index contributed by atoms with van der Waals surface area (Å²) in [5, 5.41) is 16.9. The van der Waals surface area contributed by atoms with Gasteiger partial charge >= 0.3 is 12.1 Å². The molecule has 0 aliphatic rings. The zero-order valence-corrected chi connectivity index (χ0v) is 21.5. The molecule has 0 bridgehead atoms. The van der Waals surface area contributed by atoms with Crippen LogP contribution in [0, 0.1) is 0 Å². The molecule has 8 nitrogen and oxygen atoms in total. The zero-order chi connectivity index (χ0) is 26.1. The quantitative estimate of drug-likeness (QED) is 0.275. The highest BCUT2D eigenvalue weighted by Gasteiger charge is 2.23. The van der Waals surface area contributed by atoms with Crippen molar-refractivity contribution in [2.24, 2.45) is 0 Å². The van der Waals surface area contributed by atoms with Gasteiger partial charge in [-0.3, -0.25) is 4.79 Å². The van der Waals surface area contributed by atoms with E-state index >= 15 is 0 Å². The summed E-state index contributed by atoms with van der Waals surface area (Å²) in [6, 6.07) is 15.4. The number of ether oxygens (including phenoxy) is 2. The third-order valence-electron chi connectivity index (χ3n) is 5.93. The molecular weight excluding hydrogens is 458 g/mol. The van der Waals surface area contributed by atoms with Gasteiger partial charge in [-0.1, -0.05) is 36.4 Å². The molecule has 194 valence electrons. The Morgan fingerprint density at radius 3 is 2.50 bits per heavy atom. The summed E-state index contributed by atoms with van der Waals surface area (Å²) in [6.07, 6.45) is 3.30. The fourth-order valence-electron chi connectivity index (χ4n) is 4.27. The molecule has 1 aromatic heterocycles. The summed E-state index contributed by atoms with van der Waals surface area (Å²) in [4.78, 5) is 27.1. The van der Waals surface area contributed by atoms with Gasteiger partial charge in [0.25, 0.3) is 0 Å². The molecule has 0 spiro atoms. The molecule has 0 saturated carbocycles. The number of carboxylic acid groups (broad SMARTS) is 1. The topological polar surface area (TPSA) is 113 Å². The third-order valence-corrected chi connectivity index (χ3v) is 5.93. The van der Waals surface area contributed by atoms with Crippen LogP contribution >= 0.6 is 0 Å². The van der Waals surface area contributed by atoms with Gasteiger partial charge in [0.1, 0.15) is 11.4 Å². The number of aryl methyl sites for hydroxylation is 1. The fraction of sp³-hybridized carbons (Fsp3) is 0.429. The number of benzene rings is 2. The summed E-state index contributed by atoms with van der Waals surface area (Å²) < 4.78 is 10.9. The first-order valence-corrected chi connectivity index (χ1v) is 12.3. The van der Waals surface area contributed by atoms with Gasteiger partial charge in [-0.05, 0) is 63.3 Å². The zero-order valence-electron chi connectivity index (χ0n) is 21.5. The Balaban J connectivity index is 1.82. The van der Waals surface area contributed by atoms with E-state index < -0.39 is 17.7 Å². The molecule has 0 aliphatic heterocycles. The van der Waals surface area contributed by atoms with Crippen LogP contribution < -0.4 is 15.4 Å². The maximum Gasteiger partial charge on any atom is 0.407 e. The van der Waals surface area contributed by atoms with Crippen molar-refractivity contribution in [1.82, 2.24) is 15.6 Å². The average Bonchev–Trinajstić information content (AvgIpc) is 3.26. The van der Waals surface area contributed by atoms with Gasteiger partial charge in [0, 0.05) is 42.1 Å². The van der Waals surface area contributed by atoms with E-state index in [-0.39, 0.29) is 18.5 Å². The second-order valence-corrected chi connectivity index (χ2v) is 9.87. The fourth-order valence-corrected chi connectivity index (χ4v) is 4.27. The smallest absolute Gasteiger partial charge is 0.407 e. The van der Waals surface area contributed by atoms with E-state index in [0.29, 0.717) is 19.4 Å². The van der Waals surface area contributed by atoms with Crippen LogP contribution in [-0.4, -0.2) is 47.5 Å². The normalized spacial score (nSPS) is 13.2. The number of hydrogen-bond donors (Lipinski definition) is 4. The summed E-state index contributed by atoms with van der Waals surface area (Å²) in [5.41, 5.74) is 2.47. The lowest BCUT2D eigenvalue weighted by atomic mass is 9.98. The molecule has 0 aliphatic carbocycles. The van der Waals surface area contributed by atoms with E-state index in [1.54, 1.807) is 7.11 Å². The Morgan fingerprint density at radius 1 is 1.06 bits per heavy atom. The molecule has 0 fully saturated rings. The van der Waals surface area contributed by atoms with Gasteiger partial charge in [0.15, 0.2) is 0 Å². The highest BCUT2D eigenvalue weighted by atomic mass is 16.6. The number of methoxy groups -OCH3 is 1. The summed E-state index contributed by atoms with van der Waals surface area (Å²) in [7, 11) is 1.65. The molecule has 3 rings (SSSR count). The van der Waals surface area contributed by atoms with Crippen molar-refractivity contribution in [2.75, 3.05) is 13.7 Å². The molecule has 36 heavy (non-hydrogen) atoms. The molecular formula is C28H37N3O5. The number of nitrogens with one attached hydrogen (secondary N) is 3. The predicted octanol–water partition coefficient (Wildman–Crippen LogP) is 5.20. The minimum absolute atomic E-state index is 0.0237. The lowest BCUT2D eigenvalue weighted by Crippen LogP contribution is -2.44. The van der Waals surface area contributed by atoms with Gasteiger partial charge in [-0.2, -0.15) is 0 Å². The number of amides is 1. The standard InChI is InChI=1S/C28H37N3O5/c1-28(2,3)36-27(34)30-17-20(14-13-19-9-5-8-12-25(19)35-4)31-24(15-16-26(32)33)22-18-29-23-11-7-6-10-21(22)23/h5-12,18,20,24,29,31H,13-17H2,1-4H3,(H,30,34)(H,32,33)/t20?,24-/m0/s1. The van der Waals surface area contributed by atoms with Crippen LogP contribution in [0.25, 0.3) is 10.9 Å². The number of aromatic nitrogens is 1. The van der Waals surface area contributed by atoms with Gasteiger partial charge in [0.2, 0.25) is 0 Å². The van der Waals surface area contributed by atoms with Crippen LogP contribution in [0.3, 0.4) is 0 Å². The maximum atomic E-state index is 12.4. The molecule has 8 heteroatoms. The SMILES string of the molecule is COc1ccccc1CCC(CNC(=O)OC(C)(C)C)N[C@@H](CCC(=O)O)c1c[nH]c2ccccc12. The molecule has 1 amide bonds. The largest absolute Gasteiger partial charge is 0.496 e. The molecule has 1 unspecified atom stereocenters. The molecule has 0 radical (unpaired) electrons. The Bertz CT molecular complexity index is 1150. The average molecular weight is 496 g/mol. The van der Waals surface area contributed by atoms with Crippen molar-refractivity contribution in [3.05, 3.63) is 65.9 Å². The van der Waals surface area contributed by atoms with Crippen molar-refractivity contribution < 1.29 is 24.2 Å². The number of rotatable bonds is 12. The predicted molar refractivity (Wildman–Crippen MR) is 140 cm³/mol. The third kappa shape index (κ3) is 8.02. The van der Waals surface area contributed by atoms with Crippen molar-refractivity contribution in [1.29, 1.82) is 0 Å². The molecule has 4 N–H and O–H groups in total. The minimum Gasteiger partial charge on any atom is -0.496 e. The van der Waals surface area contributed by atoms with Crippen LogP contribution in [-0.2, 0) is 16.0 Å². The van der Waals surface area contributed by atoms with Gasteiger partial charge < -0.3 is 30.2 Å². The number of aliphatic carboxylic acids is 1. The first-order valence-electron chi connectivity index (χ1n) is 12.3. The number of hydrogen-bond acceptors (Lipinski definition) is 5. The second-order valence-electron chi connectivity index (χ2n) is 9.87. The number of alkyl carbamates (subject to hydrolysis) is 1. The van der Waals surface area contributed by atoms with E-state index in [1.807, 2.05) is 75.5 Å². The van der Waals surface area contributed by atoms with Crippen molar-refractivity contribution >= 4 is 23.0 Å². The highest BCUT2D eigenvalue weighted by Crippen LogP contribution is 2.28. The molecule has 1 heterocycles. The number of carboxylic acids is 1. The maximum absolute atomic E-state index is 12.4. The first-order chi connectivity index (χ1) is 17.2. The number of carbonyl (C=O) groups is 2. The first kappa shape index (κ1) is 27.1. The van der Waals surface area contributed by atoms with E-state index in [2.05, 4.69) is 15.6 Å². The number of carbonyl (C=O) groups excluding carboxylic acids is 1. The Kier molecular flexibility index (Phi) is 9.36. The Morgan fingerprint density at radius 2 is 1.78 bits per heavy atom. The van der Waals surface area contributed by atoms with Gasteiger partial charge in [-0.25, -0.2) is 4.79 Å². The number of para-hydroxylation sites is 2.